The van der Waals surface area contributed by atoms with Gasteiger partial charge in [0.2, 0.25) is 0 Å². The predicted octanol–water partition coefficient (Wildman–Crippen LogP) is 4.50. The van der Waals surface area contributed by atoms with Gasteiger partial charge < -0.3 is 14.2 Å². The number of imidazole rings is 1. The lowest BCUT2D eigenvalue weighted by atomic mass is 10.1. The van der Waals surface area contributed by atoms with Gasteiger partial charge in [0, 0.05) is 24.6 Å². The molecule has 2 aliphatic rings. The molecule has 2 aromatic heterocycles. The van der Waals surface area contributed by atoms with Gasteiger partial charge in [0.25, 0.3) is 5.56 Å². The summed E-state index contributed by atoms with van der Waals surface area (Å²) in [5.41, 5.74) is -0.204. The van der Waals surface area contributed by atoms with Gasteiger partial charge in [-0.15, -0.1) is 13.2 Å². The Bertz CT molecular complexity index is 1500. The summed E-state index contributed by atoms with van der Waals surface area (Å²) in [4.78, 5) is 30.7. The predicted molar refractivity (Wildman–Crippen MR) is 134 cm³/mol. The molecule has 0 radical (unpaired) electrons. The van der Waals surface area contributed by atoms with E-state index >= 15 is 0 Å². The Morgan fingerprint density at radius 3 is 2.47 bits per heavy atom. The second-order valence-corrected chi connectivity index (χ2v) is 8.83. The first-order valence-corrected chi connectivity index (χ1v) is 12.4. The maximum absolute atomic E-state index is 13.4. The Labute approximate surface area is 220 Å². The fourth-order valence-corrected chi connectivity index (χ4v) is 4.06. The average Bonchev–Trinajstić information content (AvgIpc) is 3.63. The number of hydrogen-bond donors (Lipinski definition) is 0. The molecule has 1 aliphatic heterocycles. The molecule has 9 nitrogen and oxygen atoms in total. The highest BCUT2D eigenvalue weighted by Crippen LogP contribution is 2.29. The molecule has 38 heavy (non-hydrogen) atoms. The smallest absolute Gasteiger partial charge is 0.426 e. The molecule has 0 spiro atoms. The Kier molecular flexibility index (Phi) is 8.02. The van der Waals surface area contributed by atoms with Crippen molar-refractivity contribution >= 4 is 22.8 Å². The average molecular weight is 555 g/mol. The van der Waals surface area contributed by atoms with Crippen molar-refractivity contribution in [3.05, 3.63) is 79.4 Å². The van der Waals surface area contributed by atoms with Crippen molar-refractivity contribution in [2.24, 2.45) is 7.05 Å². The standard InChI is InChI=1S/C23H20ClF3N4O5.C2H6/c1-29-19-18(20(32)31(22(29)33)11-17-12-34-17)30(10-13-5-7-14(24)8-6-13)21(28-19)35-15-3-2-4-16(9-15)36-23(25,26)27;1-2/h3,5-9,17H,2,4,10-12H2,1H3;1-2H3. The van der Waals surface area contributed by atoms with Crippen LogP contribution in [0.15, 0.2) is 57.5 Å². The highest BCUT2D eigenvalue weighted by molar-refractivity contribution is 6.30. The van der Waals surface area contributed by atoms with E-state index in [1.807, 2.05) is 13.8 Å². The highest BCUT2D eigenvalue weighted by Gasteiger charge is 2.33. The second kappa shape index (κ2) is 11.1. The third-order valence-electron chi connectivity index (χ3n) is 5.74. The minimum absolute atomic E-state index is 0.0516. The SMILES string of the molecule is CC.Cn1c(=O)n(CC2CO2)c(=O)c2c1nc(OC1=CCCC(OC(F)(F)F)=C1)n2Cc1ccc(Cl)cc1. The number of alkyl halides is 3. The number of aromatic nitrogens is 4. The van der Waals surface area contributed by atoms with Crippen molar-refractivity contribution in [2.75, 3.05) is 6.61 Å². The minimum Gasteiger partial charge on any atom is -0.426 e. The van der Waals surface area contributed by atoms with E-state index in [0.29, 0.717) is 11.6 Å². The maximum atomic E-state index is 13.4. The molecule has 0 amide bonds. The number of nitrogens with zero attached hydrogens (tertiary/aromatic N) is 4. The van der Waals surface area contributed by atoms with Crippen LogP contribution in [0.3, 0.4) is 0 Å². The first-order chi connectivity index (χ1) is 18.1. The highest BCUT2D eigenvalue weighted by atomic mass is 35.5. The van der Waals surface area contributed by atoms with Crippen LogP contribution in [-0.2, 0) is 29.6 Å². The zero-order valence-corrected chi connectivity index (χ0v) is 21.7. The molecule has 0 saturated carbocycles. The number of allylic oxidation sites excluding steroid dienone is 3. The first kappa shape index (κ1) is 27.5. The number of halogens is 4. The third-order valence-corrected chi connectivity index (χ3v) is 5.99. The summed E-state index contributed by atoms with van der Waals surface area (Å²) in [6, 6.07) is 6.81. The maximum Gasteiger partial charge on any atom is 0.572 e. The van der Waals surface area contributed by atoms with E-state index in [1.165, 1.54) is 16.2 Å². The van der Waals surface area contributed by atoms with Crippen LogP contribution in [-0.4, -0.2) is 37.8 Å². The Morgan fingerprint density at radius 2 is 1.84 bits per heavy atom. The number of ether oxygens (including phenoxy) is 3. The summed E-state index contributed by atoms with van der Waals surface area (Å²) in [7, 11) is 1.48. The molecule has 13 heteroatoms. The third kappa shape index (κ3) is 6.13. The van der Waals surface area contributed by atoms with Gasteiger partial charge in [0.05, 0.1) is 25.8 Å². The topological polar surface area (TPSA) is 92.8 Å². The molecule has 204 valence electrons. The summed E-state index contributed by atoms with van der Waals surface area (Å²) in [5.74, 6) is -0.232. The van der Waals surface area contributed by atoms with Crippen molar-refractivity contribution < 1.29 is 27.4 Å². The fraction of sp³-hybridized carbons (Fsp3) is 0.400. The van der Waals surface area contributed by atoms with Crippen LogP contribution in [0.5, 0.6) is 6.01 Å². The molecule has 5 rings (SSSR count). The van der Waals surface area contributed by atoms with Crippen LogP contribution in [0.25, 0.3) is 11.2 Å². The number of rotatable bonds is 7. The Hall–Kier alpha value is -3.51. The molecule has 1 atom stereocenters. The summed E-state index contributed by atoms with van der Waals surface area (Å²) >= 11 is 5.99. The lowest BCUT2D eigenvalue weighted by Crippen LogP contribution is -2.40. The molecule has 3 heterocycles. The van der Waals surface area contributed by atoms with Crippen LogP contribution >= 0.6 is 11.6 Å². The minimum atomic E-state index is -4.83. The second-order valence-electron chi connectivity index (χ2n) is 8.40. The molecule has 0 N–H and O–H groups in total. The van der Waals surface area contributed by atoms with Gasteiger partial charge in [-0.05, 0) is 30.2 Å². The van der Waals surface area contributed by atoms with Gasteiger partial charge in [-0.1, -0.05) is 37.6 Å². The molecule has 1 aliphatic carbocycles. The Balaban J connectivity index is 0.00000164. The van der Waals surface area contributed by atoms with Crippen molar-refractivity contribution in [3.63, 3.8) is 0 Å². The van der Waals surface area contributed by atoms with Crippen LogP contribution in [0.2, 0.25) is 5.02 Å². The summed E-state index contributed by atoms with van der Waals surface area (Å²) in [6.45, 7) is 4.67. The molecular formula is C25H26ClF3N4O5. The van der Waals surface area contributed by atoms with Crippen LogP contribution in [0.4, 0.5) is 13.2 Å². The zero-order chi connectivity index (χ0) is 27.6. The zero-order valence-electron chi connectivity index (χ0n) is 20.9. The van der Waals surface area contributed by atoms with Crippen molar-refractivity contribution in [1.82, 2.24) is 18.7 Å². The molecule has 0 bridgehead atoms. The van der Waals surface area contributed by atoms with Crippen LogP contribution in [0.1, 0.15) is 32.3 Å². The van der Waals surface area contributed by atoms with E-state index in [-0.39, 0.29) is 60.7 Å². The van der Waals surface area contributed by atoms with Gasteiger partial charge in [-0.3, -0.25) is 18.5 Å². The largest absolute Gasteiger partial charge is 0.572 e. The van der Waals surface area contributed by atoms with Crippen LogP contribution in [0, 0.1) is 0 Å². The van der Waals surface area contributed by atoms with E-state index < -0.39 is 17.6 Å². The molecule has 1 aromatic carbocycles. The lowest BCUT2D eigenvalue weighted by molar-refractivity contribution is -0.306. The van der Waals surface area contributed by atoms with Gasteiger partial charge in [0.15, 0.2) is 11.2 Å². The molecule has 1 fully saturated rings. The number of hydrogen-bond acceptors (Lipinski definition) is 6. The Morgan fingerprint density at radius 1 is 1.16 bits per heavy atom. The number of epoxide rings is 1. The molecule has 1 unspecified atom stereocenters. The molecular weight excluding hydrogens is 529 g/mol. The molecule has 3 aromatic rings. The number of fused-ring (bicyclic) bond motifs is 1. The molecule has 1 saturated heterocycles. The van der Waals surface area contributed by atoms with E-state index in [2.05, 4.69) is 9.72 Å². The van der Waals surface area contributed by atoms with Gasteiger partial charge in [-0.2, -0.15) is 4.98 Å². The van der Waals surface area contributed by atoms with Gasteiger partial charge in [-0.25, -0.2) is 4.79 Å². The van der Waals surface area contributed by atoms with E-state index in [4.69, 9.17) is 21.1 Å². The number of benzene rings is 1. The quantitative estimate of drug-likeness (QED) is 0.399. The first-order valence-electron chi connectivity index (χ1n) is 12.0. The van der Waals surface area contributed by atoms with Crippen LogP contribution < -0.4 is 16.0 Å². The van der Waals surface area contributed by atoms with Gasteiger partial charge >= 0.3 is 18.1 Å². The van der Waals surface area contributed by atoms with Crippen molar-refractivity contribution in [1.29, 1.82) is 0 Å². The van der Waals surface area contributed by atoms with E-state index in [9.17, 15) is 22.8 Å². The normalized spacial score (nSPS) is 16.9. The monoisotopic (exact) mass is 554 g/mol. The summed E-state index contributed by atoms with van der Waals surface area (Å²) in [5, 5.41) is 0.523. The van der Waals surface area contributed by atoms with Crippen molar-refractivity contribution in [3.8, 4) is 6.01 Å². The summed E-state index contributed by atoms with van der Waals surface area (Å²) < 4.78 is 57.0. The van der Waals surface area contributed by atoms with E-state index in [1.54, 1.807) is 30.3 Å². The van der Waals surface area contributed by atoms with Crippen molar-refractivity contribution in [2.45, 2.75) is 52.2 Å². The number of aryl methyl sites for hydroxylation is 1. The lowest BCUT2D eigenvalue weighted by Gasteiger charge is -2.17. The van der Waals surface area contributed by atoms with Gasteiger partial charge in [0.1, 0.15) is 11.5 Å². The summed E-state index contributed by atoms with van der Waals surface area (Å²) in [6.07, 6.45) is -2.02. The fourth-order valence-electron chi connectivity index (χ4n) is 3.94. The van der Waals surface area contributed by atoms with E-state index in [0.717, 1.165) is 16.2 Å².